The van der Waals surface area contributed by atoms with Gasteiger partial charge in [0.05, 0.1) is 18.4 Å². The van der Waals surface area contributed by atoms with E-state index in [4.69, 9.17) is 4.42 Å². The summed E-state index contributed by atoms with van der Waals surface area (Å²) in [6.07, 6.45) is 3.94. The number of aromatic nitrogens is 2. The van der Waals surface area contributed by atoms with Crippen molar-refractivity contribution in [1.29, 1.82) is 0 Å². The molecule has 0 aromatic carbocycles. The van der Waals surface area contributed by atoms with Gasteiger partial charge in [-0.1, -0.05) is 6.07 Å². The molecule has 6 heteroatoms. The Labute approximate surface area is 110 Å². The molecule has 0 radical (unpaired) electrons. The third-order valence-electron chi connectivity index (χ3n) is 3.36. The van der Waals surface area contributed by atoms with Gasteiger partial charge in [0.25, 0.3) is 0 Å². The van der Waals surface area contributed by atoms with Gasteiger partial charge in [-0.05, 0) is 18.1 Å². The second kappa shape index (κ2) is 5.08. The molecular formula is C13H15N3O3. The Bertz CT molecular complexity index is 527. The first-order valence-corrected chi connectivity index (χ1v) is 6.17. The minimum Gasteiger partial charge on any atom is -0.442 e. The van der Waals surface area contributed by atoms with E-state index in [2.05, 4.69) is 15.3 Å². The smallest absolute Gasteiger partial charge is 0.181 e. The molecule has 3 N–H and O–H groups in total. The summed E-state index contributed by atoms with van der Waals surface area (Å²) >= 11 is 0. The Hall–Kier alpha value is -1.76. The summed E-state index contributed by atoms with van der Waals surface area (Å²) in [5.41, 5.74) is 1.72. The highest BCUT2D eigenvalue weighted by Gasteiger charge is 2.32. The van der Waals surface area contributed by atoms with Gasteiger partial charge in [0.15, 0.2) is 12.2 Å². The minimum atomic E-state index is -0.728. The predicted molar refractivity (Wildman–Crippen MR) is 67.2 cm³/mol. The maximum absolute atomic E-state index is 9.77. The van der Waals surface area contributed by atoms with Crippen LogP contribution in [0.1, 0.15) is 5.56 Å². The minimum absolute atomic E-state index is 0.132. The lowest BCUT2D eigenvalue weighted by molar-refractivity contribution is 0.0407. The molecule has 1 saturated heterocycles. The molecule has 1 aliphatic rings. The van der Waals surface area contributed by atoms with Crippen LogP contribution >= 0.6 is 0 Å². The second-order valence-electron chi connectivity index (χ2n) is 4.69. The van der Waals surface area contributed by atoms with Crippen LogP contribution in [0.5, 0.6) is 0 Å². The fourth-order valence-corrected chi connectivity index (χ4v) is 2.26. The lowest BCUT2D eigenvalue weighted by atomic mass is 10.0. The lowest BCUT2D eigenvalue weighted by Crippen LogP contribution is -2.34. The number of nitrogens with zero attached hydrogens (tertiary/aromatic N) is 2. The molecule has 0 spiro atoms. The zero-order valence-corrected chi connectivity index (χ0v) is 10.2. The van der Waals surface area contributed by atoms with E-state index in [0.717, 1.165) is 11.3 Å². The van der Waals surface area contributed by atoms with Gasteiger partial charge in [-0.25, -0.2) is 4.98 Å². The fourth-order valence-electron chi connectivity index (χ4n) is 2.26. The van der Waals surface area contributed by atoms with E-state index in [9.17, 15) is 10.2 Å². The Kier molecular flexibility index (Phi) is 3.29. The van der Waals surface area contributed by atoms with Crippen LogP contribution < -0.4 is 5.32 Å². The Morgan fingerprint density at radius 1 is 1.32 bits per heavy atom. The summed E-state index contributed by atoms with van der Waals surface area (Å²) in [4.78, 5) is 8.15. The summed E-state index contributed by atoms with van der Waals surface area (Å²) in [7, 11) is 0. The quantitative estimate of drug-likeness (QED) is 0.719. The number of nitrogens with one attached hydrogen (secondary N) is 1. The lowest BCUT2D eigenvalue weighted by Gasteiger charge is -2.15. The van der Waals surface area contributed by atoms with E-state index in [1.54, 1.807) is 12.4 Å². The number of oxazole rings is 1. The van der Waals surface area contributed by atoms with Crippen LogP contribution in [0, 0.1) is 0 Å². The zero-order valence-electron chi connectivity index (χ0n) is 10.2. The number of aliphatic hydroxyl groups excluding tert-OH is 2. The molecule has 19 heavy (non-hydrogen) atoms. The van der Waals surface area contributed by atoms with Gasteiger partial charge in [0.2, 0.25) is 0 Å². The molecule has 0 unspecified atom stereocenters. The first-order chi connectivity index (χ1) is 9.24. The molecule has 0 aliphatic carbocycles. The van der Waals surface area contributed by atoms with Crippen molar-refractivity contribution in [2.75, 3.05) is 6.54 Å². The second-order valence-corrected chi connectivity index (χ2v) is 4.69. The van der Waals surface area contributed by atoms with Crippen LogP contribution in [0.15, 0.2) is 35.3 Å². The number of hydrogen-bond acceptors (Lipinski definition) is 6. The van der Waals surface area contributed by atoms with Gasteiger partial charge in [-0.3, -0.25) is 4.98 Å². The first kappa shape index (κ1) is 12.3. The van der Waals surface area contributed by atoms with E-state index in [1.165, 1.54) is 6.39 Å². The van der Waals surface area contributed by atoms with Crippen LogP contribution in [-0.4, -0.2) is 45.0 Å². The Balaban J connectivity index is 1.70. The monoisotopic (exact) mass is 261 g/mol. The van der Waals surface area contributed by atoms with Crippen molar-refractivity contribution in [3.63, 3.8) is 0 Å². The standard InChI is InChI=1S/C13H15N3O3/c17-11-5-16-10(13(11)18)3-8-1-2-9(15-4-8)12-6-14-7-19-12/h1-2,4,6-7,10-11,13,16-18H,3,5H2/t10-,11+,13+/m1/s1. The molecule has 3 atom stereocenters. The van der Waals surface area contributed by atoms with Crippen molar-refractivity contribution in [2.24, 2.45) is 0 Å². The van der Waals surface area contributed by atoms with Crippen LogP contribution in [0.25, 0.3) is 11.5 Å². The molecule has 1 aliphatic heterocycles. The van der Waals surface area contributed by atoms with Gasteiger partial charge < -0.3 is 19.9 Å². The molecule has 6 nitrogen and oxygen atoms in total. The van der Waals surface area contributed by atoms with Crippen molar-refractivity contribution < 1.29 is 14.6 Å². The maximum atomic E-state index is 9.77. The molecular weight excluding hydrogens is 246 g/mol. The molecule has 0 bridgehead atoms. The van der Waals surface area contributed by atoms with Crippen LogP contribution in [0.3, 0.4) is 0 Å². The summed E-state index contributed by atoms with van der Waals surface area (Å²) in [6, 6.07) is 3.66. The number of pyridine rings is 1. The van der Waals surface area contributed by atoms with Gasteiger partial charge in [-0.2, -0.15) is 0 Å². The summed E-state index contributed by atoms with van der Waals surface area (Å²) in [6.45, 7) is 0.426. The van der Waals surface area contributed by atoms with Crippen molar-refractivity contribution in [3.8, 4) is 11.5 Å². The van der Waals surface area contributed by atoms with Crippen LogP contribution in [-0.2, 0) is 6.42 Å². The summed E-state index contributed by atoms with van der Waals surface area (Å²) < 4.78 is 5.16. The average molecular weight is 261 g/mol. The molecule has 2 aromatic heterocycles. The molecule has 1 fully saturated rings. The number of hydrogen-bond donors (Lipinski definition) is 3. The molecule has 2 aromatic rings. The van der Waals surface area contributed by atoms with Gasteiger partial charge in [-0.15, -0.1) is 0 Å². The highest BCUT2D eigenvalue weighted by atomic mass is 16.3. The largest absolute Gasteiger partial charge is 0.442 e. The third kappa shape index (κ3) is 2.51. The highest BCUT2D eigenvalue weighted by Crippen LogP contribution is 2.18. The highest BCUT2D eigenvalue weighted by molar-refractivity contribution is 5.50. The van der Waals surface area contributed by atoms with E-state index in [1.807, 2.05) is 12.1 Å². The van der Waals surface area contributed by atoms with E-state index >= 15 is 0 Å². The molecule has 100 valence electrons. The molecule has 0 amide bonds. The van der Waals surface area contributed by atoms with Crippen molar-refractivity contribution in [3.05, 3.63) is 36.5 Å². The van der Waals surface area contributed by atoms with E-state index < -0.39 is 12.2 Å². The molecule has 3 rings (SSSR count). The number of aliphatic hydroxyl groups is 2. The fraction of sp³-hybridized carbons (Fsp3) is 0.385. The SMILES string of the molecule is O[C@@H]1[C@@H](O)CN[C@@H]1Cc1ccc(-c2cnco2)nc1. The first-order valence-electron chi connectivity index (χ1n) is 6.17. The zero-order chi connectivity index (χ0) is 13.2. The van der Waals surface area contributed by atoms with Gasteiger partial charge in [0.1, 0.15) is 5.69 Å². The average Bonchev–Trinajstić information content (AvgIpc) is 3.06. The van der Waals surface area contributed by atoms with Crippen molar-refractivity contribution in [2.45, 2.75) is 24.7 Å². The van der Waals surface area contributed by atoms with Gasteiger partial charge >= 0.3 is 0 Å². The third-order valence-corrected chi connectivity index (χ3v) is 3.36. The van der Waals surface area contributed by atoms with Crippen molar-refractivity contribution in [1.82, 2.24) is 15.3 Å². The Morgan fingerprint density at radius 3 is 2.79 bits per heavy atom. The van der Waals surface area contributed by atoms with Crippen LogP contribution in [0.4, 0.5) is 0 Å². The van der Waals surface area contributed by atoms with E-state index in [0.29, 0.717) is 18.7 Å². The molecule has 0 saturated carbocycles. The number of β-amino-alcohol motifs (C(OH)–C–C–N with tert-alkyl or cyclic N) is 1. The number of rotatable bonds is 3. The van der Waals surface area contributed by atoms with E-state index in [-0.39, 0.29) is 6.04 Å². The Morgan fingerprint density at radius 2 is 2.21 bits per heavy atom. The molecule has 3 heterocycles. The maximum Gasteiger partial charge on any atom is 0.181 e. The summed E-state index contributed by atoms with van der Waals surface area (Å²) in [5, 5.41) is 22.3. The normalized spacial score (nSPS) is 26.7. The summed E-state index contributed by atoms with van der Waals surface area (Å²) in [5.74, 6) is 0.626. The van der Waals surface area contributed by atoms with Crippen LogP contribution in [0.2, 0.25) is 0 Å². The van der Waals surface area contributed by atoms with Gasteiger partial charge in [0, 0.05) is 18.8 Å². The predicted octanol–water partition coefficient (Wildman–Crippen LogP) is -0.0273. The topological polar surface area (TPSA) is 91.4 Å². The van der Waals surface area contributed by atoms with Crippen molar-refractivity contribution >= 4 is 0 Å².